The zero-order valence-electron chi connectivity index (χ0n) is 9.03. The van der Waals surface area contributed by atoms with Crippen LogP contribution in [0.25, 0.3) is 0 Å². The van der Waals surface area contributed by atoms with E-state index >= 15 is 0 Å². The fourth-order valence-electron chi connectivity index (χ4n) is 2.35. The third-order valence-corrected chi connectivity index (χ3v) is 3.09. The van der Waals surface area contributed by atoms with Gasteiger partial charge in [-0.1, -0.05) is 12.1 Å². The van der Waals surface area contributed by atoms with E-state index in [0.717, 1.165) is 18.7 Å². The highest BCUT2D eigenvalue weighted by molar-refractivity contribution is 5.85. The first kappa shape index (κ1) is 12.3. The van der Waals surface area contributed by atoms with Gasteiger partial charge in [0.25, 0.3) is 0 Å². The summed E-state index contributed by atoms with van der Waals surface area (Å²) in [5, 5.41) is 0. The highest BCUT2D eigenvalue weighted by atomic mass is 35.5. The number of benzene rings is 1. The zero-order valence-corrected chi connectivity index (χ0v) is 9.85. The lowest BCUT2D eigenvalue weighted by molar-refractivity contribution is 0.403. The Labute approximate surface area is 97.2 Å². The third-order valence-electron chi connectivity index (χ3n) is 3.09. The van der Waals surface area contributed by atoms with E-state index in [-0.39, 0.29) is 12.4 Å². The van der Waals surface area contributed by atoms with Gasteiger partial charge in [-0.3, -0.25) is 0 Å². The number of hydrogen-bond acceptors (Lipinski definition) is 2. The summed E-state index contributed by atoms with van der Waals surface area (Å²) >= 11 is 0. The predicted octanol–water partition coefficient (Wildman–Crippen LogP) is 2.50. The van der Waals surface area contributed by atoms with Crippen molar-refractivity contribution in [3.8, 4) is 5.75 Å². The second kappa shape index (κ2) is 5.38. The van der Waals surface area contributed by atoms with Crippen molar-refractivity contribution < 1.29 is 4.74 Å². The van der Waals surface area contributed by atoms with Crippen LogP contribution in [-0.4, -0.2) is 13.7 Å². The number of fused-ring (bicyclic) bond motifs is 1. The summed E-state index contributed by atoms with van der Waals surface area (Å²) in [6, 6.07) is 6.29. The molecule has 3 heteroatoms. The highest BCUT2D eigenvalue weighted by Crippen LogP contribution is 2.35. The van der Waals surface area contributed by atoms with Crippen molar-refractivity contribution in [3.63, 3.8) is 0 Å². The van der Waals surface area contributed by atoms with Gasteiger partial charge < -0.3 is 10.5 Å². The molecular weight excluding hydrogens is 210 g/mol. The second-order valence-electron chi connectivity index (χ2n) is 3.85. The third kappa shape index (κ3) is 2.27. The predicted molar refractivity (Wildman–Crippen MR) is 65.0 cm³/mol. The van der Waals surface area contributed by atoms with E-state index in [1.54, 1.807) is 7.11 Å². The van der Waals surface area contributed by atoms with Crippen LogP contribution < -0.4 is 10.5 Å². The summed E-state index contributed by atoms with van der Waals surface area (Å²) in [6.07, 6.45) is 3.59. The Morgan fingerprint density at radius 3 is 2.93 bits per heavy atom. The first-order chi connectivity index (χ1) is 6.86. The van der Waals surface area contributed by atoms with E-state index in [2.05, 4.69) is 12.1 Å². The maximum atomic E-state index is 5.77. The lowest BCUT2D eigenvalue weighted by Crippen LogP contribution is -2.18. The molecule has 1 aromatic rings. The van der Waals surface area contributed by atoms with Gasteiger partial charge in [0.15, 0.2) is 0 Å². The summed E-state index contributed by atoms with van der Waals surface area (Å²) in [7, 11) is 1.74. The van der Waals surface area contributed by atoms with Crippen molar-refractivity contribution >= 4 is 12.4 Å². The molecule has 0 heterocycles. The minimum absolute atomic E-state index is 0. The van der Waals surface area contributed by atoms with E-state index in [4.69, 9.17) is 10.5 Å². The summed E-state index contributed by atoms with van der Waals surface area (Å²) in [4.78, 5) is 0. The molecule has 0 saturated heterocycles. The fourth-order valence-corrected chi connectivity index (χ4v) is 2.35. The molecule has 0 saturated carbocycles. The molecule has 1 atom stereocenters. The summed E-state index contributed by atoms with van der Waals surface area (Å²) in [5.41, 5.74) is 8.54. The van der Waals surface area contributed by atoms with Gasteiger partial charge in [-0.2, -0.15) is 0 Å². The molecule has 84 valence electrons. The molecule has 1 aliphatic carbocycles. The van der Waals surface area contributed by atoms with Gasteiger partial charge in [-0.15, -0.1) is 12.4 Å². The SMILES string of the molecule is COc1cccc2c1CCCC2CN.Cl. The fraction of sp³-hybridized carbons (Fsp3) is 0.500. The Kier molecular flexibility index (Phi) is 4.43. The summed E-state index contributed by atoms with van der Waals surface area (Å²) < 4.78 is 5.36. The smallest absolute Gasteiger partial charge is 0.122 e. The maximum Gasteiger partial charge on any atom is 0.122 e. The second-order valence-corrected chi connectivity index (χ2v) is 3.85. The first-order valence-electron chi connectivity index (χ1n) is 5.22. The van der Waals surface area contributed by atoms with Crippen LogP contribution in [0.4, 0.5) is 0 Å². The standard InChI is InChI=1S/C12H17NO.ClH/c1-14-12-7-3-5-10-9(8-13)4-2-6-11(10)12;/h3,5,7,9H,2,4,6,8,13H2,1H3;1H. The Morgan fingerprint density at radius 1 is 1.47 bits per heavy atom. The molecule has 1 unspecified atom stereocenters. The van der Waals surface area contributed by atoms with Gasteiger partial charge in [0.05, 0.1) is 7.11 Å². The van der Waals surface area contributed by atoms with Crippen LogP contribution in [0.2, 0.25) is 0 Å². The maximum absolute atomic E-state index is 5.77. The number of nitrogens with two attached hydrogens (primary N) is 1. The van der Waals surface area contributed by atoms with Crippen molar-refractivity contribution in [2.45, 2.75) is 25.2 Å². The van der Waals surface area contributed by atoms with Crippen LogP contribution in [0, 0.1) is 0 Å². The van der Waals surface area contributed by atoms with Crippen molar-refractivity contribution in [1.82, 2.24) is 0 Å². The molecule has 0 fully saturated rings. The largest absolute Gasteiger partial charge is 0.496 e. The number of ether oxygens (including phenoxy) is 1. The van der Waals surface area contributed by atoms with Gasteiger partial charge in [-0.05, 0) is 48.9 Å². The normalized spacial score (nSPS) is 18.9. The monoisotopic (exact) mass is 227 g/mol. The number of halogens is 1. The molecule has 0 aromatic heterocycles. The molecule has 0 radical (unpaired) electrons. The van der Waals surface area contributed by atoms with Gasteiger partial charge in [0.2, 0.25) is 0 Å². The lowest BCUT2D eigenvalue weighted by atomic mass is 9.82. The highest BCUT2D eigenvalue weighted by Gasteiger charge is 2.21. The number of methoxy groups -OCH3 is 1. The van der Waals surface area contributed by atoms with E-state index in [1.165, 1.54) is 24.0 Å². The summed E-state index contributed by atoms with van der Waals surface area (Å²) in [5.74, 6) is 1.56. The van der Waals surface area contributed by atoms with E-state index in [9.17, 15) is 0 Å². The van der Waals surface area contributed by atoms with Crippen LogP contribution in [0.1, 0.15) is 29.9 Å². The van der Waals surface area contributed by atoms with Crippen LogP contribution in [0.5, 0.6) is 5.75 Å². The topological polar surface area (TPSA) is 35.2 Å². The molecule has 2 N–H and O–H groups in total. The zero-order chi connectivity index (χ0) is 9.97. The number of rotatable bonds is 2. The molecule has 15 heavy (non-hydrogen) atoms. The molecule has 0 amide bonds. The van der Waals surface area contributed by atoms with Crippen molar-refractivity contribution in [2.24, 2.45) is 5.73 Å². The minimum Gasteiger partial charge on any atom is -0.496 e. The minimum atomic E-state index is 0. The average molecular weight is 228 g/mol. The molecule has 2 nitrogen and oxygen atoms in total. The molecule has 1 aliphatic rings. The van der Waals surface area contributed by atoms with Crippen LogP contribution >= 0.6 is 12.4 Å². The van der Waals surface area contributed by atoms with Crippen LogP contribution in [0.15, 0.2) is 18.2 Å². The summed E-state index contributed by atoms with van der Waals surface area (Å²) in [6.45, 7) is 0.750. The average Bonchev–Trinajstić information content (AvgIpc) is 2.27. The van der Waals surface area contributed by atoms with Crippen LogP contribution in [-0.2, 0) is 6.42 Å². The van der Waals surface area contributed by atoms with E-state index < -0.39 is 0 Å². The van der Waals surface area contributed by atoms with E-state index in [1.807, 2.05) is 6.07 Å². The Bertz CT molecular complexity index is 327. The van der Waals surface area contributed by atoms with Crippen LogP contribution in [0.3, 0.4) is 0 Å². The Balaban J connectivity index is 0.00000112. The quantitative estimate of drug-likeness (QED) is 0.843. The molecule has 0 spiro atoms. The van der Waals surface area contributed by atoms with Crippen molar-refractivity contribution in [1.29, 1.82) is 0 Å². The molecular formula is C12H18ClNO. The van der Waals surface area contributed by atoms with Gasteiger partial charge in [-0.25, -0.2) is 0 Å². The molecule has 1 aromatic carbocycles. The van der Waals surface area contributed by atoms with Crippen molar-refractivity contribution in [3.05, 3.63) is 29.3 Å². The molecule has 0 aliphatic heterocycles. The number of hydrogen-bond donors (Lipinski definition) is 1. The lowest BCUT2D eigenvalue weighted by Gasteiger charge is -2.25. The molecule has 0 bridgehead atoms. The first-order valence-corrected chi connectivity index (χ1v) is 5.22. The molecule has 2 rings (SSSR count). The van der Waals surface area contributed by atoms with Gasteiger partial charge >= 0.3 is 0 Å². The van der Waals surface area contributed by atoms with Gasteiger partial charge in [0, 0.05) is 0 Å². The van der Waals surface area contributed by atoms with E-state index in [0.29, 0.717) is 5.92 Å². The van der Waals surface area contributed by atoms with Crippen molar-refractivity contribution in [2.75, 3.05) is 13.7 Å². The van der Waals surface area contributed by atoms with Gasteiger partial charge in [0.1, 0.15) is 5.75 Å². The Morgan fingerprint density at radius 2 is 2.27 bits per heavy atom. The Hall–Kier alpha value is -0.730.